The van der Waals surface area contributed by atoms with Crippen molar-refractivity contribution in [2.45, 2.75) is 11.4 Å². The minimum absolute atomic E-state index is 0.0140. The van der Waals surface area contributed by atoms with Crippen LogP contribution < -0.4 is 5.32 Å². The van der Waals surface area contributed by atoms with Crippen molar-refractivity contribution in [1.29, 1.82) is 0 Å². The van der Waals surface area contributed by atoms with Crippen LogP contribution in [-0.2, 0) is 21.2 Å². The maximum absolute atomic E-state index is 12.5. The smallest absolute Gasteiger partial charge is 0.234 e. The monoisotopic (exact) mass is 479 g/mol. The van der Waals surface area contributed by atoms with Crippen molar-refractivity contribution in [3.05, 3.63) is 64.6 Å². The molecule has 0 radical (unpaired) electrons. The number of nitrogens with zero attached hydrogens (tertiary/aromatic N) is 2. The van der Waals surface area contributed by atoms with Gasteiger partial charge in [-0.3, -0.25) is 14.6 Å². The third-order valence-corrected chi connectivity index (χ3v) is 7.25. The fourth-order valence-corrected chi connectivity index (χ4v) is 4.78. The number of sulfone groups is 1. The van der Waals surface area contributed by atoms with Gasteiger partial charge in [0.1, 0.15) is 0 Å². The fraction of sp³-hybridized carbons (Fsp3) is 0.381. The number of hydrogen-bond acceptors (Lipinski definition) is 5. The highest BCUT2D eigenvalue weighted by atomic mass is 79.9. The van der Waals surface area contributed by atoms with Crippen LogP contribution in [0.4, 0.5) is 0 Å². The van der Waals surface area contributed by atoms with Crippen molar-refractivity contribution in [3.8, 4) is 0 Å². The van der Waals surface area contributed by atoms with Crippen LogP contribution in [0.5, 0.6) is 0 Å². The summed E-state index contributed by atoms with van der Waals surface area (Å²) in [5.74, 6) is 0.117. The highest BCUT2D eigenvalue weighted by Crippen LogP contribution is 2.16. The van der Waals surface area contributed by atoms with Crippen LogP contribution in [0.15, 0.2) is 64.0 Å². The van der Waals surface area contributed by atoms with Gasteiger partial charge in [-0.2, -0.15) is 0 Å². The zero-order valence-corrected chi connectivity index (χ0v) is 18.7. The molecule has 2 aromatic rings. The lowest BCUT2D eigenvalue weighted by Gasteiger charge is -2.34. The van der Waals surface area contributed by atoms with Gasteiger partial charge < -0.3 is 5.32 Å². The van der Waals surface area contributed by atoms with Crippen molar-refractivity contribution >= 4 is 31.7 Å². The summed E-state index contributed by atoms with van der Waals surface area (Å²) in [4.78, 5) is 16.8. The molecule has 0 atom stereocenters. The lowest BCUT2D eigenvalue weighted by atomic mass is 10.2. The second kappa shape index (κ2) is 10.3. The summed E-state index contributed by atoms with van der Waals surface area (Å²) in [7, 11) is -3.28. The number of carbonyl (C=O) groups excluding carboxylic acids is 1. The number of benzene rings is 2. The normalized spacial score (nSPS) is 15.9. The molecule has 29 heavy (non-hydrogen) atoms. The van der Waals surface area contributed by atoms with Crippen molar-refractivity contribution in [2.24, 2.45) is 0 Å². The molecule has 1 amide bonds. The zero-order valence-electron chi connectivity index (χ0n) is 16.3. The molecule has 1 fully saturated rings. The molecule has 0 unspecified atom stereocenters. The zero-order chi connectivity index (χ0) is 20.7. The first kappa shape index (κ1) is 22.0. The lowest BCUT2D eigenvalue weighted by Crippen LogP contribution is -2.50. The summed E-state index contributed by atoms with van der Waals surface area (Å²) in [5.41, 5.74) is 1.08. The Balaban J connectivity index is 1.37. The van der Waals surface area contributed by atoms with Crippen LogP contribution in [0.1, 0.15) is 5.56 Å². The topological polar surface area (TPSA) is 69.7 Å². The van der Waals surface area contributed by atoms with E-state index in [0.29, 0.717) is 24.5 Å². The Kier molecular flexibility index (Phi) is 7.83. The van der Waals surface area contributed by atoms with Crippen LogP contribution in [0, 0.1) is 0 Å². The van der Waals surface area contributed by atoms with E-state index >= 15 is 0 Å². The van der Waals surface area contributed by atoms with Crippen molar-refractivity contribution < 1.29 is 13.2 Å². The third-order valence-electron chi connectivity index (χ3n) is 5.01. The van der Waals surface area contributed by atoms with Gasteiger partial charge in [0.15, 0.2) is 9.84 Å². The maximum Gasteiger partial charge on any atom is 0.234 e. The van der Waals surface area contributed by atoms with Crippen LogP contribution in [0.3, 0.4) is 0 Å². The van der Waals surface area contributed by atoms with Gasteiger partial charge in [-0.1, -0.05) is 46.3 Å². The standard InChI is InChI=1S/C21H26BrN3O3S/c22-19-6-8-20(9-7-19)29(27,28)15-14-24-10-12-25(13-11-24)17-21(26)23-16-18-4-2-1-3-5-18/h1-9H,10-17H2,(H,23,26). The van der Waals surface area contributed by atoms with Crippen molar-refractivity contribution in [2.75, 3.05) is 45.0 Å². The molecule has 0 bridgehead atoms. The average Bonchev–Trinajstić information content (AvgIpc) is 2.73. The second-order valence-corrected chi connectivity index (χ2v) is 10.2. The largest absolute Gasteiger partial charge is 0.351 e. The molecule has 1 aliphatic rings. The van der Waals surface area contributed by atoms with E-state index in [9.17, 15) is 13.2 Å². The minimum atomic E-state index is -3.28. The summed E-state index contributed by atoms with van der Waals surface area (Å²) >= 11 is 3.32. The van der Waals surface area contributed by atoms with Gasteiger partial charge in [0.2, 0.25) is 5.91 Å². The number of hydrogen-bond donors (Lipinski definition) is 1. The SMILES string of the molecule is O=C(CN1CCN(CCS(=O)(=O)c2ccc(Br)cc2)CC1)NCc1ccccc1. The second-order valence-electron chi connectivity index (χ2n) is 7.15. The molecular formula is C21H26BrN3O3S. The number of amides is 1. The predicted molar refractivity (Wildman–Crippen MR) is 117 cm³/mol. The Morgan fingerprint density at radius 2 is 1.55 bits per heavy atom. The molecule has 0 aromatic heterocycles. The van der Waals surface area contributed by atoms with E-state index in [1.54, 1.807) is 24.3 Å². The van der Waals surface area contributed by atoms with Crippen LogP contribution >= 0.6 is 15.9 Å². The highest BCUT2D eigenvalue weighted by Gasteiger charge is 2.21. The molecule has 156 valence electrons. The van der Waals surface area contributed by atoms with Gasteiger partial charge in [-0.15, -0.1) is 0 Å². The Bertz CT molecular complexity index is 897. The van der Waals surface area contributed by atoms with E-state index in [0.717, 1.165) is 36.2 Å². The summed E-state index contributed by atoms with van der Waals surface area (Å²) in [6.07, 6.45) is 0. The quantitative estimate of drug-likeness (QED) is 0.627. The van der Waals surface area contributed by atoms with Gasteiger partial charge >= 0.3 is 0 Å². The van der Waals surface area contributed by atoms with Crippen LogP contribution in [0.25, 0.3) is 0 Å². The van der Waals surface area contributed by atoms with Gasteiger partial charge in [-0.25, -0.2) is 8.42 Å². The number of carbonyl (C=O) groups is 1. The van der Waals surface area contributed by atoms with E-state index in [1.165, 1.54) is 0 Å². The lowest BCUT2D eigenvalue weighted by molar-refractivity contribution is -0.122. The van der Waals surface area contributed by atoms with Crippen molar-refractivity contribution in [3.63, 3.8) is 0 Å². The number of halogens is 1. The highest BCUT2D eigenvalue weighted by molar-refractivity contribution is 9.10. The summed E-state index contributed by atoms with van der Waals surface area (Å²) in [6, 6.07) is 16.6. The van der Waals surface area contributed by atoms with E-state index in [4.69, 9.17) is 0 Å². The molecule has 1 N–H and O–H groups in total. The maximum atomic E-state index is 12.5. The summed E-state index contributed by atoms with van der Waals surface area (Å²) < 4.78 is 25.8. The molecule has 1 heterocycles. The van der Waals surface area contributed by atoms with E-state index in [-0.39, 0.29) is 11.7 Å². The molecule has 1 aliphatic heterocycles. The van der Waals surface area contributed by atoms with Crippen LogP contribution in [0.2, 0.25) is 0 Å². The van der Waals surface area contributed by atoms with Gasteiger partial charge in [0.05, 0.1) is 17.2 Å². The van der Waals surface area contributed by atoms with E-state index < -0.39 is 9.84 Å². The minimum Gasteiger partial charge on any atom is -0.351 e. The summed E-state index contributed by atoms with van der Waals surface area (Å²) in [6.45, 7) is 4.47. The average molecular weight is 480 g/mol. The third kappa shape index (κ3) is 6.92. The molecule has 0 spiro atoms. The predicted octanol–water partition coefficient (Wildman–Crippen LogP) is 2.16. The number of rotatable bonds is 8. The first-order chi connectivity index (χ1) is 13.9. The molecule has 2 aromatic carbocycles. The molecule has 3 rings (SSSR count). The van der Waals surface area contributed by atoms with Crippen molar-refractivity contribution in [1.82, 2.24) is 15.1 Å². The van der Waals surface area contributed by atoms with Crippen LogP contribution in [-0.4, -0.2) is 69.1 Å². The number of piperazine rings is 1. The molecule has 1 saturated heterocycles. The fourth-order valence-electron chi connectivity index (χ4n) is 3.24. The molecular weight excluding hydrogens is 454 g/mol. The Labute approximate surface area is 180 Å². The Morgan fingerprint density at radius 1 is 0.931 bits per heavy atom. The van der Waals surface area contributed by atoms with E-state index in [2.05, 4.69) is 31.0 Å². The van der Waals surface area contributed by atoms with E-state index in [1.807, 2.05) is 30.3 Å². The molecule has 6 nitrogen and oxygen atoms in total. The first-order valence-electron chi connectivity index (χ1n) is 9.66. The summed E-state index contributed by atoms with van der Waals surface area (Å²) in [5, 5.41) is 2.95. The molecule has 8 heteroatoms. The van der Waals surface area contributed by atoms with Gasteiger partial charge in [-0.05, 0) is 29.8 Å². The number of nitrogens with one attached hydrogen (secondary N) is 1. The Hall–Kier alpha value is -1.74. The first-order valence-corrected chi connectivity index (χ1v) is 12.1. The molecule has 0 aliphatic carbocycles. The molecule has 0 saturated carbocycles. The van der Waals surface area contributed by atoms with Gasteiger partial charge in [0.25, 0.3) is 0 Å². The Morgan fingerprint density at radius 3 is 2.21 bits per heavy atom. The van der Waals surface area contributed by atoms with Gasteiger partial charge in [0, 0.05) is 43.7 Å².